The molecule has 2 aromatic rings. The first-order valence-electron chi connectivity index (χ1n) is 6.49. The molecule has 1 aromatic heterocycles. The molecule has 3 nitrogen and oxygen atoms in total. The quantitative estimate of drug-likeness (QED) is 0.784. The van der Waals surface area contributed by atoms with Crippen LogP contribution in [0.5, 0.6) is 0 Å². The van der Waals surface area contributed by atoms with Crippen molar-refractivity contribution in [1.82, 2.24) is 9.97 Å². The third-order valence-corrected chi connectivity index (χ3v) is 3.80. The molecule has 1 saturated carbocycles. The van der Waals surface area contributed by atoms with Crippen molar-refractivity contribution < 1.29 is 26.3 Å². The minimum atomic E-state index is -4.91. The zero-order valence-electron chi connectivity index (χ0n) is 11.0. The van der Waals surface area contributed by atoms with E-state index in [1.807, 2.05) is 0 Å². The Labute approximate surface area is 120 Å². The van der Waals surface area contributed by atoms with Gasteiger partial charge in [-0.1, -0.05) is 0 Å². The molecule has 3 rings (SSSR count). The Morgan fingerprint density at radius 3 is 2.18 bits per heavy atom. The molecule has 0 atom stereocenters. The molecule has 1 aliphatic carbocycles. The molecule has 0 saturated heterocycles. The average molecular weight is 323 g/mol. The highest BCUT2D eigenvalue weighted by Gasteiger charge is 2.40. The van der Waals surface area contributed by atoms with Crippen molar-refractivity contribution in [3.05, 3.63) is 29.1 Å². The fraction of sp³-hybridized carbons (Fsp3) is 0.462. The number of hydrogen-bond acceptors (Lipinski definition) is 2. The summed E-state index contributed by atoms with van der Waals surface area (Å²) in [7, 11) is 0. The number of aromatic amines is 1. The van der Waals surface area contributed by atoms with Gasteiger partial charge in [0.2, 0.25) is 0 Å². The molecule has 0 bridgehead atoms. The summed E-state index contributed by atoms with van der Waals surface area (Å²) in [6.45, 7) is 0. The lowest BCUT2D eigenvalue weighted by molar-refractivity contribution is -0.142. The summed E-state index contributed by atoms with van der Waals surface area (Å²) in [6, 6.07) is 0.699. The third kappa shape index (κ3) is 2.53. The summed E-state index contributed by atoms with van der Waals surface area (Å²) >= 11 is 0. The molecule has 22 heavy (non-hydrogen) atoms. The Bertz CT molecular complexity index is 709. The van der Waals surface area contributed by atoms with Crippen molar-refractivity contribution in [3.8, 4) is 0 Å². The van der Waals surface area contributed by atoms with Crippen molar-refractivity contribution in [2.75, 3.05) is 0 Å². The third-order valence-electron chi connectivity index (χ3n) is 3.80. The second kappa shape index (κ2) is 4.61. The Morgan fingerprint density at radius 1 is 1.05 bits per heavy atom. The van der Waals surface area contributed by atoms with Gasteiger partial charge in [-0.15, -0.1) is 0 Å². The van der Waals surface area contributed by atoms with Crippen molar-refractivity contribution in [2.24, 2.45) is 5.73 Å². The van der Waals surface area contributed by atoms with Gasteiger partial charge in [0.15, 0.2) is 0 Å². The maximum absolute atomic E-state index is 13.0. The summed E-state index contributed by atoms with van der Waals surface area (Å²) < 4.78 is 77.3. The highest BCUT2D eigenvalue weighted by atomic mass is 19.4. The van der Waals surface area contributed by atoms with E-state index in [0.29, 0.717) is 18.9 Å². The van der Waals surface area contributed by atoms with Crippen molar-refractivity contribution in [2.45, 2.75) is 37.2 Å². The minimum absolute atomic E-state index is 0.0500. The number of halogens is 6. The average Bonchev–Trinajstić information content (AvgIpc) is 2.74. The van der Waals surface area contributed by atoms with Gasteiger partial charge in [-0.05, 0) is 25.0 Å². The van der Waals surface area contributed by atoms with Crippen LogP contribution in [0.2, 0.25) is 0 Å². The van der Waals surface area contributed by atoms with Gasteiger partial charge < -0.3 is 10.7 Å². The maximum atomic E-state index is 13.0. The lowest BCUT2D eigenvalue weighted by Crippen LogP contribution is -2.35. The van der Waals surface area contributed by atoms with E-state index in [0.717, 1.165) is 0 Å². The molecule has 1 fully saturated rings. The Morgan fingerprint density at radius 2 is 1.68 bits per heavy atom. The van der Waals surface area contributed by atoms with Gasteiger partial charge in [0, 0.05) is 12.0 Å². The van der Waals surface area contributed by atoms with E-state index in [2.05, 4.69) is 9.97 Å². The van der Waals surface area contributed by atoms with Crippen LogP contribution in [0, 0.1) is 0 Å². The largest absolute Gasteiger partial charge is 0.418 e. The number of H-pyrrole nitrogens is 1. The topological polar surface area (TPSA) is 54.7 Å². The van der Waals surface area contributed by atoms with E-state index in [1.54, 1.807) is 0 Å². The normalized spacial score (nSPS) is 22.9. The predicted molar refractivity (Wildman–Crippen MR) is 66.0 cm³/mol. The zero-order chi connectivity index (χ0) is 16.3. The van der Waals surface area contributed by atoms with Crippen molar-refractivity contribution in [3.63, 3.8) is 0 Å². The minimum Gasteiger partial charge on any atom is -0.342 e. The zero-order valence-corrected chi connectivity index (χ0v) is 11.0. The summed E-state index contributed by atoms with van der Waals surface area (Å²) in [4.78, 5) is 6.44. The van der Waals surface area contributed by atoms with Gasteiger partial charge in [0.25, 0.3) is 0 Å². The number of aromatic nitrogens is 2. The fourth-order valence-corrected chi connectivity index (χ4v) is 2.59. The van der Waals surface area contributed by atoms with Gasteiger partial charge in [-0.2, -0.15) is 26.3 Å². The molecular weight excluding hydrogens is 312 g/mol. The molecular formula is C13H11F6N3. The summed E-state index contributed by atoms with van der Waals surface area (Å²) in [5.41, 5.74) is 2.11. The maximum Gasteiger partial charge on any atom is 0.418 e. The standard InChI is InChI=1S/C13H11F6N3/c14-12(15,16)6-3-8(13(17,18)19)10-9(4-6)21-11(22-10)5-1-7(20)2-5/h3-5,7H,1-2,20H2,(H,21,22)/t5-,7+. The number of hydrogen-bond donors (Lipinski definition) is 2. The van der Waals surface area contributed by atoms with Crippen LogP contribution in [-0.2, 0) is 12.4 Å². The first kappa shape index (κ1) is 15.1. The highest BCUT2D eigenvalue weighted by Crippen LogP contribution is 2.41. The first-order valence-corrected chi connectivity index (χ1v) is 6.49. The van der Waals surface area contributed by atoms with Crippen LogP contribution < -0.4 is 5.73 Å². The van der Waals surface area contributed by atoms with E-state index < -0.39 is 29.0 Å². The smallest absolute Gasteiger partial charge is 0.342 e. The van der Waals surface area contributed by atoms with E-state index in [9.17, 15) is 26.3 Å². The molecule has 0 spiro atoms. The monoisotopic (exact) mass is 323 g/mol. The summed E-state index contributed by atoms with van der Waals surface area (Å²) in [5.74, 6) is 0.111. The van der Waals surface area contributed by atoms with Crippen LogP contribution in [0.25, 0.3) is 11.0 Å². The van der Waals surface area contributed by atoms with Gasteiger partial charge in [-0.25, -0.2) is 4.98 Å². The van der Waals surface area contributed by atoms with E-state index >= 15 is 0 Å². The number of rotatable bonds is 1. The predicted octanol–water partition coefficient (Wildman–Crippen LogP) is 3.81. The number of imidazole rings is 1. The van der Waals surface area contributed by atoms with E-state index in [4.69, 9.17) is 5.73 Å². The number of nitrogens with two attached hydrogens (primary N) is 1. The SMILES string of the molecule is N[C@H]1C[C@@H](c2nc3c(C(F)(F)F)cc(C(F)(F)F)cc3[nH]2)C1. The molecule has 1 aliphatic rings. The van der Waals surface area contributed by atoms with Crippen LogP contribution in [0.4, 0.5) is 26.3 Å². The van der Waals surface area contributed by atoms with Gasteiger partial charge in [0.05, 0.1) is 16.6 Å². The molecule has 0 radical (unpaired) electrons. The van der Waals surface area contributed by atoms with Crippen LogP contribution in [0.3, 0.4) is 0 Å². The Balaban J connectivity index is 2.16. The summed E-state index contributed by atoms with van der Waals surface area (Å²) in [6.07, 6.45) is -8.68. The van der Waals surface area contributed by atoms with Crippen LogP contribution >= 0.6 is 0 Å². The molecule has 1 heterocycles. The first-order chi connectivity index (χ1) is 10.1. The second-order valence-electron chi connectivity index (χ2n) is 5.47. The molecule has 120 valence electrons. The Hall–Kier alpha value is -1.77. The Kier molecular flexibility index (Phi) is 3.17. The number of nitrogens with one attached hydrogen (secondary N) is 1. The van der Waals surface area contributed by atoms with Crippen molar-refractivity contribution in [1.29, 1.82) is 0 Å². The van der Waals surface area contributed by atoms with Crippen LogP contribution in [0.1, 0.15) is 35.7 Å². The molecule has 1 aromatic carbocycles. The molecule has 0 unspecified atom stereocenters. The number of nitrogens with zero attached hydrogens (tertiary/aromatic N) is 1. The lowest BCUT2D eigenvalue weighted by atomic mass is 9.80. The molecule has 9 heteroatoms. The number of benzene rings is 1. The molecule has 3 N–H and O–H groups in total. The van der Waals surface area contributed by atoms with E-state index in [1.165, 1.54) is 0 Å². The van der Waals surface area contributed by atoms with E-state index in [-0.39, 0.29) is 29.4 Å². The fourth-order valence-electron chi connectivity index (χ4n) is 2.59. The molecule has 0 aliphatic heterocycles. The van der Waals surface area contributed by atoms with Gasteiger partial charge >= 0.3 is 12.4 Å². The number of fused-ring (bicyclic) bond motifs is 1. The highest BCUT2D eigenvalue weighted by molar-refractivity contribution is 5.80. The second-order valence-corrected chi connectivity index (χ2v) is 5.47. The lowest BCUT2D eigenvalue weighted by Gasteiger charge is -2.30. The van der Waals surface area contributed by atoms with Gasteiger partial charge in [0.1, 0.15) is 11.3 Å². The van der Waals surface area contributed by atoms with Gasteiger partial charge in [-0.3, -0.25) is 0 Å². The molecule has 0 amide bonds. The van der Waals surface area contributed by atoms with Crippen LogP contribution in [-0.4, -0.2) is 16.0 Å². The number of alkyl halides is 6. The van der Waals surface area contributed by atoms with Crippen LogP contribution in [0.15, 0.2) is 12.1 Å². The van der Waals surface area contributed by atoms with Crippen molar-refractivity contribution >= 4 is 11.0 Å². The summed E-state index contributed by atoms with van der Waals surface area (Å²) in [5, 5.41) is 0.